The summed E-state index contributed by atoms with van der Waals surface area (Å²) in [5.74, 6) is -0.0751. The molecule has 2 amide bonds. The fraction of sp³-hybridized carbons (Fsp3) is 0.421. The van der Waals surface area contributed by atoms with Gasteiger partial charge in [0.15, 0.2) is 0 Å². The van der Waals surface area contributed by atoms with Crippen LogP contribution in [0.2, 0.25) is 0 Å². The molecule has 1 aromatic heterocycles. The monoisotopic (exact) mass is 354 g/mol. The Bertz CT molecular complexity index is 848. The summed E-state index contributed by atoms with van der Waals surface area (Å²) in [4.78, 5) is 28.8. The molecule has 2 fully saturated rings. The first-order valence-corrected chi connectivity index (χ1v) is 8.76. The van der Waals surface area contributed by atoms with Crippen LogP contribution in [0.4, 0.5) is 5.69 Å². The van der Waals surface area contributed by atoms with Crippen LogP contribution < -0.4 is 4.90 Å². The first-order chi connectivity index (χ1) is 12.5. The second-order valence-corrected chi connectivity index (χ2v) is 7.07. The predicted octanol–water partition coefficient (Wildman–Crippen LogP) is 1.38. The number of para-hydroxylation sites is 1. The van der Waals surface area contributed by atoms with Gasteiger partial charge in [0.1, 0.15) is 12.2 Å². The molecule has 7 heteroatoms. The lowest BCUT2D eigenvalue weighted by Gasteiger charge is -2.40. The van der Waals surface area contributed by atoms with E-state index in [1.165, 1.54) is 0 Å². The molecule has 1 atom stereocenters. The summed E-state index contributed by atoms with van der Waals surface area (Å²) in [6, 6.07) is 9.61. The molecule has 2 saturated heterocycles. The number of ether oxygens (including phenoxy) is 1. The van der Waals surface area contributed by atoms with Crippen molar-refractivity contribution in [1.82, 2.24) is 14.7 Å². The van der Waals surface area contributed by atoms with Crippen molar-refractivity contribution in [2.75, 3.05) is 31.1 Å². The highest BCUT2D eigenvalue weighted by molar-refractivity contribution is 5.96. The third kappa shape index (κ3) is 2.88. The zero-order valence-corrected chi connectivity index (χ0v) is 15.0. The molecule has 0 aliphatic carbocycles. The van der Waals surface area contributed by atoms with E-state index in [9.17, 15) is 9.59 Å². The van der Waals surface area contributed by atoms with Crippen LogP contribution in [0.5, 0.6) is 0 Å². The van der Waals surface area contributed by atoms with Gasteiger partial charge in [0.25, 0.3) is 11.8 Å². The smallest absolute Gasteiger partial charge is 0.257 e. The molecule has 2 aliphatic heterocycles. The van der Waals surface area contributed by atoms with Gasteiger partial charge in [0, 0.05) is 25.5 Å². The molecule has 1 spiro atoms. The second kappa shape index (κ2) is 6.25. The number of carbonyl (C=O) groups is 2. The van der Waals surface area contributed by atoms with Gasteiger partial charge in [-0.05, 0) is 25.5 Å². The lowest BCUT2D eigenvalue weighted by atomic mass is 10.00. The summed E-state index contributed by atoms with van der Waals surface area (Å²) >= 11 is 0. The van der Waals surface area contributed by atoms with E-state index >= 15 is 0 Å². The highest BCUT2D eigenvalue weighted by Gasteiger charge is 2.47. The third-order valence-corrected chi connectivity index (χ3v) is 5.16. The van der Waals surface area contributed by atoms with E-state index in [1.54, 1.807) is 15.8 Å². The number of anilines is 1. The maximum absolute atomic E-state index is 12.9. The number of hydrogen-bond donors (Lipinski definition) is 0. The zero-order valence-electron chi connectivity index (χ0n) is 15.0. The molecule has 1 aromatic carbocycles. The van der Waals surface area contributed by atoms with E-state index in [1.807, 2.05) is 49.2 Å². The molecule has 2 aromatic rings. The summed E-state index contributed by atoms with van der Waals surface area (Å²) in [7, 11) is 1.81. The molecule has 3 heterocycles. The van der Waals surface area contributed by atoms with Crippen LogP contribution in [0.25, 0.3) is 0 Å². The van der Waals surface area contributed by atoms with Crippen molar-refractivity contribution < 1.29 is 14.3 Å². The van der Waals surface area contributed by atoms with Gasteiger partial charge in [-0.2, -0.15) is 5.10 Å². The molecular formula is C19H22N4O3. The molecular weight excluding hydrogens is 332 g/mol. The van der Waals surface area contributed by atoms with Crippen LogP contribution in [0.1, 0.15) is 22.5 Å². The molecule has 0 bridgehead atoms. The minimum Gasteiger partial charge on any atom is -0.361 e. The van der Waals surface area contributed by atoms with Crippen LogP contribution in [0.3, 0.4) is 0 Å². The topological polar surface area (TPSA) is 67.7 Å². The number of hydrogen-bond acceptors (Lipinski definition) is 4. The second-order valence-electron chi connectivity index (χ2n) is 7.07. The molecule has 136 valence electrons. The lowest BCUT2D eigenvalue weighted by molar-refractivity contribution is -0.137. The minimum absolute atomic E-state index is 0.0285. The summed E-state index contributed by atoms with van der Waals surface area (Å²) in [6.07, 6.45) is 2.47. The van der Waals surface area contributed by atoms with Crippen molar-refractivity contribution in [3.05, 3.63) is 47.8 Å². The number of nitrogens with zero attached hydrogens (tertiary/aromatic N) is 4. The van der Waals surface area contributed by atoms with Gasteiger partial charge in [-0.25, -0.2) is 0 Å². The highest BCUT2D eigenvalue weighted by atomic mass is 16.5. The van der Waals surface area contributed by atoms with E-state index in [-0.39, 0.29) is 18.4 Å². The van der Waals surface area contributed by atoms with Gasteiger partial charge in [0.05, 0.1) is 24.3 Å². The van der Waals surface area contributed by atoms with Gasteiger partial charge < -0.3 is 14.5 Å². The maximum atomic E-state index is 12.9. The molecule has 7 nitrogen and oxygen atoms in total. The normalized spacial score (nSPS) is 23.1. The van der Waals surface area contributed by atoms with Crippen LogP contribution in [-0.2, 0) is 16.6 Å². The number of benzene rings is 1. The lowest BCUT2D eigenvalue weighted by Crippen LogP contribution is -2.56. The van der Waals surface area contributed by atoms with Crippen LogP contribution in [-0.4, -0.2) is 58.3 Å². The van der Waals surface area contributed by atoms with Gasteiger partial charge >= 0.3 is 0 Å². The Hall–Kier alpha value is -2.67. The van der Waals surface area contributed by atoms with E-state index < -0.39 is 5.60 Å². The molecule has 1 unspecified atom stereocenters. The van der Waals surface area contributed by atoms with Crippen molar-refractivity contribution in [2.45, 2.75) is 18.9 Å². The standard InChI is InChI=1S/C19H22N4O3/c1-14-16(10-21(2)20-14)18(25)22-9-8-19(12-22)13-23(17(24)11-26-19)15-6-4-3-5-7-15/h3-7,10H,8-9,11-13H2,1-2H3. The number of carbonyl (C=O) groups excluding carboxylic acids is 2. The van der Waals surface area contributed by atoms with E-state index in [4.69, 9.17) is 4.74 Å². The van der Waals surface area contributed by atoms with Gasteiger partial charge in [-0.15, -0.1) is 0 Å². The summed E-state index contributed by atoms with van der Waals surface area (Å²) < 4.78 is 7.59. The first-order valence-electron chi connectivity index (χ1n) is 8.76. The Balaban J connectivity index is 1.52. The van der Waals surface area contributed by atoms with Crippen LogP contribution in [0.15, 0.2) is 36.5 Å². The van der Waals surface area contributed by atoms with Crippen molar-refractivity contribution in [2.24, 2.45) is 7.05 Å². The van der Waals surface area contributed by atoms with Crippen molar-refractivity contribution in [1.29, 1.82) is 0 Å². The van der Waals surface area contributed by atoms with Gasteiger partial charge in [-0.3, -0.25) is 14.3 Å². The molecule has 0 N–H and O–H groups in total. The fourth-order valence-corrected chi connectivity index (χ4v) is 3.80. The Morgan fingerprint density at radius 1 is 1.23 bits per heavy atom. The highest BCUT2D eigenvalue weighted by Crippen LogP contribution is 2.32. The molecule has 4 rings (SSSR count). The average molecular weight is 354 g/mol. The van der Waals surface area contributed by atoms with Crippen molar-refractivity contribution in [3.8, 4) is 0 Å². The third-order valence-electron chi connectivity index (χ3n) is 5.16. The van der Waals surface area contributed by atoms with E-state index in [0.717, 1.165) is 11.4 Å². The van der Waals surface area contributed by atoms with Crippen molar-refractivity contribution in [3.63, 3.8) is 0 Å². The Kier molecular flexibility index (Phi) is 4.03. The maximum Gasteiger partial charge on any atom is 0.257 e. The minimum atomic E-state index is -0.504. The molecule has 2 aliphatic rings. The Labute approximate surface area is 152 Å². The van der Waals surface area contributed by atoms with E-state index in [2.05, 4.69) is 5.10 Å². The largest absolute Gasteiger partial charge is 0.361 e. The SMILES string of the molecule is Cc1nn(C)cc1C(=O)N1CCC2(C1)CN(c1ccccc1)C(=O)CO2. The fourth-order valence-electron chi connectivity index (χ4n) is 3.80. The summed E-state index contributed by atoms with van der Waals surface area (Å²) in [5, 5.41) is 4.25. The number of aromatic nitrogens is 2. The van der Waals surface area contributed by atoms with Gasteiger partial charge in [-0.1, -0.05) is 18.2 Å². The Morgan fingerprint density at radius 3 is 2.69 bits per heavy atom. The number of likely N-dealkylation sites (tertiary alicyclic amines) is 1. The number of amides is 2. The zero-order chi connectivity index (χ0) is 18.3. The number of aryl methyl sites for hydroxylation is 2. The van der Waals surface area contributed by atoms with Crippen LogP contribution >= 0.6 is 0 Å². The molecule has 0 saturated carbocycles. The molecule has 0 radical (unpaired) electrons. The van der Waals surface area contributed by atoms with Crippen LogP contribution in [0, 0.1) is 6.92 Å². The molecule has 26 heavy (non-hydrogen) atoms. The average Bonchev–Trinajstić information content (AvgIpc) is 3.21. The Morgan fingerprint density at radius 2 is 2.00 bits per heavy atom. The van der Waals surface area contributed by atoms with Gasteiger partial charge in [0.2, 0.25) is 0 Å². The van der Waals surface area contributed by atoms with E-state index in [0.29, 0.717) is 31.6 Å². The summed E-state index contributed by atoms with van der Waals surface area (Å²) in [5.41, 5.74) is 1.71. The predicted molar refractivity (Wildman–Crippen MR) is 95.9 cm³/mol. The number of morpholine rings is 1. The summed E-state index contributed by atoms with van der Waals surface area (Å²) in [6.45, 7) is 3.45. The first kappa shape index (κ1) is 16.8. The quantitative estimate of drug-likeness (QED) is 0.817. The van der Waals surface area contributed by atoms with Crippen molar-refractivity contribution >= 4 is 17.5 Å². The number of rotatable bonds is 2.